The molecule has 0 fully saturated rings. The van der Waals surface area contributed by atoms with Gasteiger partial charge in [-0.2, -0.15) is 10.2 Å². The Balaban J connectivity index is 2.02. The van der Waals surface area contributed by atoms with E-state index in [-0.39, 0.29) is 5.78 Å². The Bertz CT molecular complexity index is 606. The van der Waals surface area contributed by atoms with Gasteiger partial charge in [0, 0.05) is 12.0 Å². The smallest absolute Gasteiger partial charge is 0.165 e. The van der Waals surface area contributed by atoms with Crippen LogP contribution in [0.5, 0.6) is 5.75 Å². The minimum absolute atomic E-state index is 0.108. The predicted octanol–water partition coefficient (Wildman–Crippen LogP) is 2.92. The van der Waals surface area contributed by atoms with E-state index < -0.39 is 0 Å². The molecule has 20 heavy (non-hydrogen) atoms. The summed E-state index contributed by atoms with van der Waals surface area (Å²) in [7, 11) is 1.64. The lowest BCUT2D eigenvalue weighted by molar-refractivity contribution is 0.0981. The molecular weight excluding hydrogens is 252 g/mol. The molecule has 0 aliphatic heterocycles. The van der Waals surface area contributed by atoms with Gasteiger partial charge in [-0.05, 0) is 44.0 Å². The van der Waals surface area contributed by atoms with Gasteiger partial charge < -0.3 is 4.74 Å². The van der Waals surface area contributed by atoms with Crippen LogP contribution in [0.3, 0.4) is 0 Å². The van der Waals surface area contributed by atoms with Crippen LogP contribution in [0.25, 0.3) is 0 Å². The lowest BCUT2D eigenvalue weighted by atomic mass is 10.0. The largest absolute Gasteiger partial charge is 0.497 e. The second kappa shape index (κ2) is 6.28. The van der Waals surface area contributed by atoms with E-state index in [1.54, 1.807) is 13.2 Å². The van der Waals surface area contributed by atoms with Crippen molar-refractivity contribution in [2.24, 2.45) is 0 Å². The van der Waals surface area contributed by atoms with Crippen LogP contribution in [0.1, 0.15) is 33.7 Å². The van der Waals surface area contributed by atoms with Crippen molar-refractivity contribution in [2.75, 3.05) is 7.11 Å². The van der Waals surface area contributed by atoms with Gasteiger partial charge in [0.05, 0.1) is 18.5 Å². The summed E-state index contributed by atoms with van der Waals surface area (Å²) in [6.45, 7) is 3.65. The predicted molar refractivity (Wildman–Crippen MR) is 77.2 cm³/mol. The molecule has 2 rings (SSSR count). The number of aryl methyl sites for hydroxylation is 3. The third kappa shape index (κ3) is 3.41. The quantitative estimate of drug-likeness (QED) is 0.784. The van der Waals surface area contributed by atoms with Crippen molar-refractivity contribution in [1.29, 1.82) is 0 Å². The Hall–Kier alpha value is -2.23. The normalized spacial score (nSPS) is 10.3. The zero-order valence-electron chi connectivity index (χ0n) is 12.0. The van der Waals surface area contributed by atoms with Gasteiger partial charge in [0.25, 0.3) is 0 Å². The Morgan fingerprint density at radius 1 is 1.15 bits per heavy atom. The van der Waals surface area contributed by atoms with Crippen molar-refractivity contribution in [1.82, 2.24) is 10.2 Å². The third-order valence-corrected chi connectivity index (χ3v) is 3.20. The van der Waals surface area contributed by atoms with E-state index in [4.69, 9.17) is 4.74 Å². The van der Waals surface area contributed by atoms with Crippen molar-refractivity contribution < 1.29 is 9.53 Å². The number of ketones is 1. The lowest BCUT2D eigenvalue weighted by Gasteiger charge is -2.05. The molecule has 0 atom stereocenters. The first-order valence-corrected chi connectivity index (χ1v) is 6.57. The van der Waals surface area contributed by atoms with E-state index in [9.17, 15) is 4.79 Å². The average Bonchev–Trinajstić information content (AvgIpc) is 2.47. The second-order valence-electron chi connectivity index (χ2n) is 4.76. The van der Waals surface area contributed by atoms with E-state index in [2.05, 4.69) is 10.2 Å². The number of nitrogens with zero attached hydrogens (tertiary/aromatic N) is 2. The Kier molecular flexibility index (Phi) is 4.45. The number of carbonyl (C=O) groups is 1. The summed E-state index contributed by atoms with van der Waals surface area (Å²) in [6.07, 6.45) is 1.18. The molecule has 0 saturated carbocycles. The van der Waals surface area contributed by atoms with Crippen molar-refractivity contribution in [2.45, 2.75) is 26.7 Å². The highest BCUT2D eigenvalue weighted by atomic mass is 16.5. The number of carbonyl (C=O) groups excluding carboxylic acids is 1. The van der Waals surface area contributed by atoms with Gasteiger partial charge in [0.1, 0.15) is 5.75 Å². The fraction of sp³-hybridized carbons (Fsp3) is 0.312. The van der Waals surface area contributed by atoms with Gasteiger partial charge in [-0.25, -0.2) is 0 Å². The van der Waals surface area contributed by atoms with Crippen molar-refractivity contribution in [3.05, 3.63) is 52.8 Å². The van der Waals surface area contributed by atoms with Crippen LogP contribution < -0.4 is 4.74 Å². The summed E-state index contributed by atoms with van der Waals surface area (Å²) < 4.78 is 5.11. The van der Waals surface area contributed by atoms with Gasteiger partial charge in [-0.1, -0.05) is 12.1 Å². The molecule has 0 radical (unpaired) electrons. The highest BCUT2D eigenvalue weighted by Crippen LogP contribution is 2.15. The molecule has 1 aromatic heterocycles. The monoisotopic (exact) mass is 270 g/mol. The fourth-order valence-corrected chi connectivity index (χ4v) is 2.02. The standard InChI is InChI=1S/C16H18N2O2/c1-11-10-15(12(2)18-17-11)16(19)9-6-13-4-7-14(20-3)8-5-13/h4-5,7-8,10H,6,9H2,1-3H3. The van der Waals surface area contributed by atoms with Crippen LogP contribution in [0.2, 0.25) is 0 Å². The number of rotatable bonds is 5. The highest BCUT2D eigenvalue weighted by molar-refractivity contribution is 5.97. The third-order valence-electron chi connectivity index (χ3n) is 3.20. The van der Waals surface area contributed by atoms with Crippen molar-refractivity contribution >= 4 is 5.78 Å². The van der Waals surface area contributed by atoms with Crippen LogP contribution >= 0.6 is 0 Å². The maximum absolute atomic E-state index is 12.2. The minimum atomic E-state index is 0.108. The zero-order chi connectivity index (χ0) is 14.5. The number of hydrogen-bond donors (Lipinski definition) is 0. The second-order valence-corrected chi connectivity index (χ2v) is 4.76. The summed E-state index contributed by atoms with van der Waals surface area (Å²) in [6, 6.07) is 9.58. The SMILES string of the molecule is COc1ccc(CCC(=O)c2cc(C)nnc2C)cc1. The molecule has 2 aromatic rings. The lowest BCUT2D eigenvalue weighted by Crippen LogP contribution is -2.07. The topological polar surface area (TPSA) is 52.1 Å². The number of aromatic nitrogens is 2. The molecule has 1 heterocycles. The average molecular weight is 270 g/mol. The molecule has 104 valence electrons. The van der Waals surface area contributed by atoms with E-state index in [0.717, 1.165) is 17.0 Å². The molecule has 0 aliphatic carbocycles. The Morgan fingerprint density at radius 3 is 2.50 bits per heavy atom. The Morgan fingerprint density at radius 2 is 1.85 bits per heavy atom. The van der Waals surface area contributed by atoms with Gasteiger partial charge >= 0.3 is 0 Å². The summed E-state index contributed by atoms with van der Waals surface area (Å²) in [5.74, 6) is 0.932. The number of methoxy groups -OCH3 is 1. The van der Waals surface area contributed by atoms with Crippen LogP contribution in [0, 0.1) is 13.8 Å². The first kappa shape index (κ1) is 14.2. The summed E-state index contributed by atoms with van der Waals surface area (Å²) >= 11 is 0. The molecule has 1 aromatic carbocycles. The number of hydrogen-bond acceptors (Lipinski definition) is 4. The van der Waals surface area contributed by atoms with Crippen molar-refractivity contribution in [3.63, 3.8) is 0 Å². The molecule has 0 amide bonds. The maximum Gasteiger partial charge on any atom is 0.165 e. The first-order valence-electron chi connectivity index (χ1n) is 6.57. The molecule has 0 unspecified atom stereocenters. The van der Waals surface area contributed by atoms with Crippen LogP contribution in [0.4, 0.5) is 0 Å². The van der Waals surface area contributed by atoms with E-state index in [1.165, 1.54) is 0 Å². The summed E-state index contributed by atoms with van der Waals surface area (Å²) in [5, 5.41) is 7.93. The van der Waals surface area contributed by atoms with Crippen LogP contribution in [-0.2, 0) is 6.42 Å². The fourth-order valence-electron chi connectivity index (χ4n) is 2.02. The minimum Gasteiger partial charge on any atom is -0.497 e. The zero-order valence-corrected chi connectivity index (χ0v) is 12.0. The van der Waals surface area contributed by atoms with Gasteiger partial charge in [-0.3, -0.25) is 4.79 Å². The van der Waals surface area contributed by atoms with Gasteiger partial charge in [0.15, 0.2) is 5.78 Å². The van der Waals surface area contributed by atoms with Crippen LogP contribution in [-0.4, -0.2) is 23.1 Å². The first-order chi connectivity index (χ1) is 9.60. The number of Topliss-reactive ketones (excluding diaryl/α,β-unsaturated/α-hetero) is 1. The molecule has 0 bridgehead atoms. The van der Waals surface area contributed by atoms with Gasteiger partial charge in [0.2, 0.25) is 0 Å². The van der Waals surface area contributed by atoms with E-state index >= 15 is 0 Å². The highest BCUT2D eigenvalue weighted by Gasteiger charge is 2.11. The molecule has 4 nitrogen and oxygen atoms in total. The molecule has 0 spiro atoms. The van der Waals surface area contributed by atoms with Crippen molar-refractivity contribution in [3.8, 4) is 5.75 Å². The summed E-state index contributed by atoms with van der Waals surface area (Å²) in [4.78, 5) is 12.2. The number of benzene rings is 1. The van der Waals surface area contributed by atoms with Gasteiger partial charge in [-0.15, -0.1) is 0 Å². The molecular formula is C16H18N2O2. The maximum atomic E-state index is 12.2. The summed E-state index contributed by atoms with van der Waals surface area (Å²) in [5.41, 5.74) is 3.25. The van der Waals surface area contributed by atoms with Crippen LogP contribution in [0.15, 0.2) is 30.3 Å². The number of ether oxygens (including phenoxy) is 1. The van der Waals surface area contributed by atoms with E-state index in [0.29, 0.717) is 24.1 Å². The molecule has 4 heteroatoms. The molecule has 0 aliphatic rings. The van der Waals surface area contributed by atoms with E-state index in [1.807, 2.05) is 38.1 Å². The molecule has 0 saturated heterocycles. The molecule has 0 N–H and O–H groups in total. The Labute approximate surface area is 118 Å².